The summed E-state index contributed by atoms with van der Waals surface area (Å²) in [6.07, 6.45) is 1.44. The minimum Gasteiger partial charge on any atom is -0.497 e. The number of amides is 2. The molecule has 0 bridgehead atoms. The lowest BCUT2D eigenvalue weighted by Crippen LogP contribution is -2.53. The molecule has 9 heteroatoms. The van der Waals surface area contributed by atoms with E-state index in [2.05, 4.69) is 5.32 Å². The molecule has 2 aromatic rings. The molecule has 0 heterocycles. The lowest BCUT2D eigenvalue weighted by Gasteiger charge is -2.33. The first-order valence-electron chi connectivity index (χ1n) is 10.8. The van der Waals surface area contributed by atoms with E-state index in [1.165, 1.54) is 4.90 Å². The van der Waals surface area contributed by atoms with Gasteiger partial charge in [-0.05, 0) is 50.1 Å². The number of methoxy groups -OCH3 is 1. The second-order valence-electron chi connectivity index (χ2n) is 8.06. The lowest BCUT2D eigenvalue weighted by molar-refractivity contribution is -0.140. The van der Waals surface area contributed by atoms with Crippen molar-refractivity contribution in [2.75, 3.05) is 24.2 Å². The van der Waals surface area contributed by atoms with E-state index >= 15 is 0 Å². The molecule has 33 heavy (non-hydrogen) atoms. The maximum atomic E-state index is 13.5. The van der Waals surface area contributed by atoms with Gasteiger partial charge in [0.25, 0.3) is 0 Å². The Kier molecular flexibility index (Phi) is 9.28. The summed E-state index contributed by atoms with van der Waals surface area (Å²) >= 11 is 0. The molecule has 1 unspecified atom stereocenters. The van der Waals surface area contributed by atoms with E-state index in [1.54, 1.807) is 49.6 Å². The van der Waals surface area contributed by atoms with Crippen molar-refractivity contribution in [3.8, 4) is 5.75 Å². The summed E-state index contributed by atoms with van der Waals surface area (Å²) < 4.78 is 31.3. The number of para-hydroxylation sites is 1. The number of hydrogen-bond acceptors (Lipinski definition) is 5. The maximum Gasteiger partial charge on any atom is 0.244 e. The molecule has 1 N–H and O–H groups in total. The number of carbonyl (C=O) groups is 2. The minimum atomic E-state index is -3.73. The zero-order valence-corrected chi connectivity index (χ0v) is 20.6. The van der Waals surface area contributed by atoms with Gasteiger partial charge in [-0.1, -0.05) is 37.3 Å². The number of nitrogens with zero attached hydrogens (tertiary/aromatic N) is 2. The Balaban J connectivity index is 2.40. The summed E-state index contributed by atoms with van der Waals surface area (Å²) in [5, 5.41) is 2.86. The molecule has 2 amide bonds. The summed E-state index contributed by atoms with van der Waals surface area (Å²) in [4.78, 5) is 27.9. The fraction of sp³-hybridized carbons (Fsp3) is 0.417. The summed E-state index contributed by atoms with van der Waals surface area (Å²) in [6.45, 7) is 5.26. The molecule has 0 fully saturated rings. The zero-order chi connectivity index (χ0) is 24.6. The highest BCUT2D eigenvalue weighted by molar-refractivity contribution is 7.92. The molecule has 0 saturated carbocycles. The van der Waals surface area contributed by atoms with Crippen molar-refractivity contribution in [3.63, 3.8) is 0 Å². The summed E-state index contributed by atoms with van der Waals surface area (Å²) in [7, 11) is -2.16. The Hall–Kier alpha value is -3.07. The lowest BCUT2D eigenvalue weighted by atomic mass is 10.1. The van der Waals surface area contributed by atoms with Gasteiger partial charge >= 0.3 is 0 Å². The van der Waals surface area contributed by atoms with Gasteiger partial charge < -0.3 is 15.0 Å². The van der Waals surface area contributed by atoms with Crippen LogP contribution in [-0.2, 0) is 26.2 Å². The quantitative estimate of drug-likeness (QED) is 0.539. The molecular weight excluding hydrogens is 442 g/mol. The predicted molar refractivity (Wildman–Crippen MR) is 130 cm³/mol. The average Bonchev–Trinajstić information content (AvgIpc) is 2.77. The Morgan fingerprint density at radius 2 is 1.64 bits per heavy atom. The van der Waals surface area contributed by atoms with Crippen LogP contribution in [0, 0.1) is 0 Å². The number of carbonyl (C=O) groups excluding carboxylic acids is 2. The van der Waals surface area contributed by atoms with Crippen molar-refractivity contribution < 1.29 is 22.7 Å². The van der Waals surface area contributed by atoms with Crippen LogP contribution < -0.4 is 14.4 Å². The summed E-state index contributed by atoms with van der Waals surface area (Å²) in [5.41, 5.74) is 1.18. The van der Waals surface area contributed by atoms with Crippen LogP contribution in [0.4, 0.5) is 5.69 Å². The third-order valence-corrected chi connectivity index (χ3v) is 6.19. The topological polar surface area (TPSA) is 96.0 Å². The van der Waals surface area contributed by atoms with E-state index < -0.39 is 28.5 Å². The molecule has 2 rings (SSSR count). The number of benzene rings is 2. The van der Waals surface area contributed by atoms with Crippen molar-refractivity contribution in [1.29, 1.82) is 0 Å². The molecule has 180 valence electrons. The number of ether oxygens (including phenoxy) is 1. The molecular formula is C24H33N3O5S. The van der Waals surface area contributed by atoms with Gasteiger partial charge in [-0.25, -0.2) is 8.42 Å². The van der Waals surface area contributed by atoms with Crippen LogP contribution in [0.25, 0.3) is 0 Å². The SMILES string of the molecule is CCC(C(=O)NC(C)C)N(Cc1ccc(OC)cc1)C(=O)CN(c1ccccc1)S(C)(=O)=O. The Morgan fingerprint density at radius 3 is 2.12 bits per heavy atom. The van der Waals surface area contributed by atoms with Gasteiger partial charge in [-0.3, -0.25) is 13.9 Å². The van der Waals surface area contributed by atoms with Crippen molar-refractivity contribution in [2.45, 2.75) is 45.8 Å². The third-order valence-electron chi connectivity index (χ3n) is 5.05. The first-order chi connectivity index (χ1) is 15.6. The Morgan fingerprint density at radius 1 is 1.03 bits per heavy atom. The molecule has 0 spiro atoms. The third kappa shape index (κ3) is 7.49. The molecule has 0 aromatic heterocycles. The van der Waals surface area contributed by atoms with Gasteiger partial charge in [0, 0.05) is 12.6 Å². The van der Waals surface area contributed by atoms with E-state index in [1.807, 2.05) is 32.9 Å². The van der Waals surface area contributed by atoms with Gasteiger partial charge in [0.05, 0.1) is 19.1 Å². The fourth-order valence-electron chi connectivity index (χ4n) is 3.44. The molecule has 0 radical (unpaired) electrons. The molecule has 2 aromatic carbocycles. The van der Waals surface area contributed by atoms with Crippen molar-refractivity contribution >= 4 is 27.5 Å². The first kappa shape index (κ1) is 26.2. The largest absolute Gasteiger partial charge is 0.497 e. The average molecular weight is 476 g/mol. The number of sulfonamides is 1. The molecule has 8 nitrogen and oxygen atoms in total. The normalized spacial score (nSPS) is 12.2. The van der Waals surface area contributed by atoms with E-state index in [9.17, 15) is 18.0 Å². The van der Waals surface area contributed by atoms with Crippen LogP contribution in [0.5, 0.6) is 5.75 Å². The predicted octanol–water partition coefficient (Wildman–Crippen LogP) is 2.79. The molecule has 0 aliphatic carbocycles. The maximum absolute atomic E-state index is 13.5. The monoisotopic (exact) mass is 475 g/mol. The number of hydrogen-bond donors (Lipinski definition) is 1. The van der Waals surface area contributed by atoms with Gasteiger partial charge in [-0.15, -0.1) is 0 Å². The highest BCUT2D eigenvalue weighted by Crippen LogP contribution is 2.20. The Labute approximate surface area is 196 Å². The van der Waals surface area contributed by atoms with Crippen LogP contribution in [0.1, 0.15) is 32.8 Å². The van der Waals surface area contributed by atoms with Crippen LogP contribution in [0.2, 0.25) is 0 Å². The second kappa shape index (κ2) is 11.7. The standard InChI is InChI=1S/C24H33N3O5S/c1-6-22(24(29)25-18(2)3)26(16-19-12-14-21(32-4)15-13-19)23(28)17-27(33(5,30)31)20-10-8-7-9-11-20/h7-15,18,22H,6,16-17H2,1-5H3,(H,25,29). The van der Waals surface area contributed by atoms with Crippen molar-refractivity contribution in [2.24, 2.45) is 0 Å². The number of rotatable bonds is 11. The fourth-order valence-corrected chi connectivity index (χ4v) is 4.29. The molecule has 0 aliphatic rings. The van der Waals surface area contributed by atoms with Gasteiger partial charge in [-0.2, -0.15) is 0 Å². The summed E-state index contributed by atoms with van der Waals surface area (Å²) in [5.74, 6) is -0.0700. The van der Waals surface area contributed by atoms with E-state index in [-0.39, 0.29) is 18.5 Å². The molecule has 0 saturated heterocycles. The van der Waals surface area contributed by atoms with Gasteiger partial charge in [0.2, 0.25) is 21.8 Å². The van der Waals surface area contributed by atoms with E-state index in [0.29, 0.717) is 17.9 Å². The highest BCUT2D eigenvalue weighted by atomic mass is 32.2. The smallest absolute Gasteiger partial charge is 0.244 e. The number of anilines is 1. The van der Waals surface area contributed by atoms with Crippen LogP contribution in [0.15, 0.2) is 54.6 Å². The summed E-state index contributed by atoms with van der Waals surface area (Å²) in [6, 6.07) is 14.8. The Bertz CT molecular complexity index is 1020. The number of nitrogens with one attached hydrogen (secondary N) is 1. The first-order valence-corrected chi connectivity index (χ1v) is 12.7. The van der Waals surface area contributed by atoms with Crippen molar-refractivity contribution in [3.05, 3.63) is 60.2 Å². The van der Waals surface area contributed by atoms with Gasteiger partial charge in [0.15, 0.2) is 0 Å². The second-order valence-corrected chi connectivity index (χ2v) is 9.97. The minimum absolute atomic E-state index is 0.0960. The van der Waals surface area contributed by atoms with E-state index in [0.717, 1.165) is 16.1 Å². The zero-order valence-electron chi connectivity index (χ0n) is 19.8. The van der Waals surface area contributed by atoms with Crippen LogP contribution in [-0.4, -0.2) is 57.1 Å². The molecule has 1 atom stereocenters. The molecule has 0 aliphatic heterocycles. The van der Waals surface area contributed by atoms with Crippen molar-refractivity contribution in [1.82, 2.24) is 10.2 Å². The highest BCUT2D eigenvalue weighted by Gasteiger charge is 2.31. The van der Waals surface area contributed by atoms with Crippen LogP contribution >= 0.6 is 0 Å². The van der Waals surface area contributed by atoms with E-state index in [4.69, 9.17) is 4.74 Å². The van der Waals surface area contributed by atoms with Crippen LogP contribution in [0.3, 0.4) is 0 Å². The van der Waals surface area contributed by atoms with Gasteiger partial charge in [0.1, 0.15) is 18.3 Å².